The zero-order valence-corrected chi connectivity index (χ0v) is 18.4. The fourth-order valence-corrected chi connectivity index (χ4v) is 3.58. The maximum absolute atomic E-state index is 13.1. The van der Waals surface area contributed by atoms with Gasteiger partial charge in [0.2, 0.25) is 11.8 Å². The molecule has 1 aliphatic rings. The highest BCUT2D eigenvalue weighted by molar-refractivity contribution is 5.93. The largest absolute Gasteiger partial charge is 0.467 e. The standard InChI is InChI=1S/C22H31N3O6/c1-21(2,3)31-20(29)24-16(13-14-7-9-15(10-8-14)17(23)26)18(27)25-22(19(28)30-4)11-5-6-12-22/h7-10,16H,5-6,11-13H2,1-4H3,(H2,23,26)(H,24,29)(H,25,27)/t16-/m0/s1. The molecular formula is C22H31N3O6. The fraction of sp³-hybridized carbons (Fsp3) is 0.545. The number of benzene rings is 1. The van der Waals surface area contributed by atoms with Crippen LogP contribution in [0.15, 0.2) is 24.3 Å². The number of nitrogens with two attached hydrogens (primary N) is 1. The third-order valence-electron chi connectivity index (χ3n) is 5.08. The van der Waals surface area contributed by atoms with Gasteiger partial charge >= 0.3 is 12.1 Å². The van der Waals surface area contributed by atoms with E-state index < -0.39 is 41.1 Å². The van der Waals surface area contributed by atoms with Gasteiger partial charge in [-0.2, -0.15) is 0 Å². The molecule has 1 saturated carbocycles. The van der Waals surface area contributed by atoms with E-state index in [0.717, 1.165) is 12.8 Å². The lowest BCUT2D eigenvalue weighted by Crippen LogP contribution is -2.59. The Hall–Kier alpha value is -3.10. The van der Waals surface area contributed by atoms with Crippen LogP contribution in [0.3, 0.4) is 0 Å². The molecule has 9 nitrogen and oxygen atoms in total. The summed E-state index contributed by atoms with van der Waals surface area (Å²) in [6.07, 6.45) is 1.89. The van der Waals surface area contributed by atoms with E-state index in [-0.39, 0.29) is 6.42 Å². The van der Waals surface area contributed by atoms with Crippen molar-refractivity contribution in [3.8, 4) is 0 Å². The third kappa shape index (κ3) is 6.70. The predicted molar refractivity (Wildman–Crippen MR) is 113 cm³/mol. The van der Waals surface area contributed by atoms with E-state index in [9.17, 15) is 19.2 Å². The Morgan fingerprint density at radius 2 is 1.68 bits per heavy atom. The molecule has 4 N–H and O–H groups in total. The van der Waals surface area contributed by atoms with Crippen LogP contribution in [-0.2, 0) is 25.5 Å². The smallest absolute Gasteiger partial charge is 0.408 e. The number of hydrogen-bond acceptors (Lipinski definition) is 6. The van der Waals surface area contributed by atoms with Gasteiger partial charge in [-0.05, 0) is 51.3 Å². The summed E-state index contributed by atoms with van der Waals surface area (Å²) in [4.78, 5) is 49.1. The van der Waals surface area contributed by atoms with E-state index >= 15 is 0 Å². The number of primary amides is 1. The van der Waals surface area contributed by atoms with E-state index in [2.05, 4.69) is 10.6 Å². The number of carbonyl (C=O) groups is 4. The van der Waals surface area contributed by atoms with E-state index in [1.807, 2.05) is 0 Å². The van der Waals surface area contributed by atoms with Crippen molar-refractivity contribution in [2.24, 2.45) is 5.73 Å². The predicted octanol–water partition coefficient (Wildman–Crippen LogP) is 1.82. The monoisotopic (exact) mass is 433 g/mol. The fourth-order valence-electron chi connectivity index (χ4n) is 3.58. The maximum atomic E-state index is 13.1. The Kier molecular flexibility index (Phi) is 7.65. The van der Waals surface area contributed by atoms with Crippen molar-refractivity contribution >= 4 is 23.9 Å². The number of esters is 1. The van der Waals surface area contributed by atoms with Crippen LogP contribution in [0.2, 0.25) is 0 Å². The molecule has 0 bridgehead atoms. The van der Waals surface area contributed by atoms with Gasteiger partial charge in [-0.15, -0.1) is 0 Å². The van der Waals surface area contributed by atoms with Crippen LogP contribution < -0.4 is 16.4 Å². The molecule has 0 saturated heterocycles. The minimum atomic E-state index is -1.10. The molecule has 170 valence electrons. The van der Waals surface area contributed by atoms with E-state index in [0.29, 0.717) is 24.0 Å². The molecule has 1 atom stereocenters. The van der Waals surface area contributed by atoms with Crippen molar-refractivity contribution in [1.29, 1.82) is 0 Å². The van der Waals surface area contributed by atoms with Gasteiger partial charge in [-0.1, -0.05) is 25.0 Å². The second kappa shape index (κ2) is 9.80. The summed E-state index contributed by atoms with van der Waals surface area (Å²) in [6, 6.07) is 5.41. The number of hydrogen-bond donors (Lipinski definition) is 3. The zero-order valence-electron chi connectivity index (χ0n) is 18.4. The molecule has 0 radical (unpaired) electrons. The zero-order chi connectivity index (χ0) is 23.2. The molecule has 0 spiro atoms. The summed E-state index contributed by atoms with van der Waals surface area (Å²) in [5, 5.41) is 5.39. The van der Waals surface area contributed by atoms with Crippen LogP contribution in [0.5, 0.6) is 0 Å². The molecule has 0 heterocycles. The van der Waals surface area contributed by atoms with Gasteiger partial charge in [0.05, 0.1) is 7.11 Å². The lowest BCUT2D eigenvalue weighted by Gasteiger charge is -2.30. The number of rotatable bonds is 7. The van der Waals surface area contributed by atoms with E-state index in [1.165, 1.54) is 7.11 Å². The maximum Gasteiger partial charge on any atom is 0.408 e. The van der Waals surface area contributed by atoms with Crippen LogP contribution in [0.4, 0.5) is 4.79 Å². The second-order valence-corrected chi connectivity index (χ2v) is 8.73. The summed E-state index contributed by atoms with van der Waals surface area (Å²) < 4.78 is 10.2. The molecule has 1 aromatic rings. The minimum Gasteiger partial charge on any atom is -0.467 e. The normalized spacial score (nSPS) is 16.1. The molecule has 1 fully saturated rings. The molecule has 1 aliphatic carbocycles. The van der Waals surface area contributed by atoms with Crippen molar-refractivity contribution in [3.63, 3.8) is 0 Å². The van der Waals surface area contributed by atoms with Crippen LogP contribution in [-0.4, -0.2) is 48.2 Å². The van der Waals surface area contributed by atoms with E-state index in [4.69, 9.17) is 15.2 Å². The Morgan fingerprint density at radius 3 is 2.16 bits per heavy atom. The number of amides is 3. The highest BCUT2D eigenvalue weighted by Crippen LogP contribution is 2.31. The number of nitrogens with one attached hydrogen (secondary N) is 2. The summed E-state index contributed by atoms with van der Waals surface area (Å²) in [5.74, 6) is -1.58. The van der Waals surface area contributed by atoms with Gasteiger partial charge in [-0.3, -0.25) is 9.59 Å². The summed E-state index contributed by atoms with van der Waals surface area (Å²) in [5.41, 5.74) is 4.45. The summed E-state index contributed by atoms with van der Waals surface area (Å²) in [6.45, 7) is 5.15. The molecule has 9 heteroatoms. The van der Waals surface area contributed by atoms with Gasteiger partial charge < -0.3 is 25.8 Å². The van der Waals surface area contributed by atoms with Gasteiger partial charge in [0, 0.05) is 12.0 Å². The summed E-state index contributed by atoms with van der Waals surface area (Å²) >= 11 is 0. The molecule has 0 aromatic heterocycles. The first-order valence-corrected chi connectivity index (χ1v) is 10.2. The molecule has 2 rings (SSSR count). The quantitative estimate of drug-likeness (QED) is 0.561. The number of ether oxygens (including phenoxy) is 2. The average Bonchev–Trinajstić information content (AvgIpc) is 3.15. The van der Waals surface area contributed by atoms with Gasteiger partial charge in [0.1, 0.15) is 17.2 Å². The van der Waals surface area contributed by atoms with Gasteiger partial charge in [0.15, 0.2) is 0 Å². The average molecular weight is 434 g/mol. The van der Waals surface area contributed by atoms with Crippen molar-refractivity contribution in [3.05, 3.63) is 35.4 Å². The first kappa shape index (κ1) is 24.2. The Labute approximate surface area is 182 Å². The highest BCUT2D eigenvalue weighted by Gasteiger charge is 2.44. The van der Waals surface area contributed by atoms with Gasteiger partial charge in [-0.25, -0.2) is 9.59 Å². The first-order chi connectivity index (χ1) is 14.5. The van der Waals surface area contributed by atoms with Crippen LogP contribution >= 0.6 is 0 Å². The van der Waals surface area contributed by atoms with Crippen LogP contribution in [0, 0.1) is 0 Å². The molecule has 31 heavy (non-hydrogen) atoms. The van der Waals surface area contributed by atoms with Crippen molar-refractivity contribution in [2.45, 2.75) is 70.1 Å². The first-order valence-electron chi connectivity index (χ1n) is 10.2. The van der Waals surface area contributed by atoms with Gasteiger partial charge in [0.25, 0.3) is 0 Å². The highest BCUT2D eigenvalue weighted by atomic mass is 16.6. The number of alkyl carbamates (subject to hydrolysis) is 1. The molecule has 0 aliphatic heterocycles. The SMILES string of the molecule is COC(=O)C1(NC(=O)[C@H](Cc2ccc(C(N)=O)cc2)NC(=O)OC(C)(C)C)CCCC1. The minimum absolute atomic E-state index is 0.126. The van der Waals surface area contributed by atoms with Crippen molar-refractivity contribution in [1.82, 2.24) is 10.6 Å². The molecule has 0 unspecified atom stereocenters. The van der Waals surface area contributed by atoms with E-state index in [1.54, 1.807) is 45.0 Å². The Morgan fingerprint density at radius 1 is 1.10 bits per heavy atom. The third-order valence-corrected chi connectivity index (χ3v) is 5.08. The number of carbonyl (C=O) groups excluding carboxylic acids is 4. The summed E-state index contributed by atoms with van der Waals surface area (Å²) in [7, 11) is 1.28. The van der Waals surface area contributed by atoms with Crippen LogP contribution in [0.25, 0.3) is 0 Å². The molecular weight excluding hydrogens is 402 g/mol. The lowest BCUT2D eigenvalue weighted by atomic mass is 9.96. The Bertz CT molecular complexity index is 823. The molecule has 3 amide bonds. The topological polar surface area (TPSA) is 137 Å². The van der Waals surface area contributed by atoms with Crippen LogP contribution in [0.1, 0.15) is 62.4 Å². The lowest BCUT2D eigenvalue weighted by molar-refractivity contribution is -0.151. The second-order valence-electron chi connectivity index (χ2n) is 8.73. The van der Waals surface area contributed by atoms with Crippen molar-refractivity contribution < 1.29 is 28.7 Å². The van der Waals surface area contributed by atoms with Crippen molar-refractivity contribution in [2.75, 3.05) is 7.11 Å². The Balaban J connectivity index is 2.23. The number of methoxy groups -OCH3 is 1. The molecule has 1 aromatic carbocycles.